The summed E-state index contributed by atoms with van der Waals surface area (Å²) < 4.78 is 5.45. The van der Waals surface area contributed by atoms with Crippen molar-refractivity contribution in [1.82, 2.24) is 0 Å². The molecule has 0 N–H and O–H groups in total. The molecule has 0 aliphatic carbocycles. The number of carbonyl (C=O) groups is 1. The van der Waals surface area contributed by atoms with Crippen molar-refractivity contribution in [1.29, 1.82) is 5.26 Å². The lowest BCUT2D eigenvalue weighted by atomic mass is 10.0. The minimum atomic E-state index is -0.000493. The number of hydrogen-bond acceptors (Lipinski definition) is 4. The highest BCUT2D eigenvalue weighted by molar-refractivity contribution is 5.94. The van der Waals surface area contributed by atoms with Crippen LogP contribution in [0.2, 0.25) is 0 Å². The maximum Gasteiger partial charge on any atom is 0.227 e. The smallest absolute Gasteiger partial charge is 0.227 e. The molecule has 3 rings (SSSR count). The minimum Gasteiger partial charge on any atom is -0.378 e. The van der Waals surface area contributed by atoms with Gasteiger partial charge in [0, 0.05) is 30.9 Å². The van der Waals surface area contributed by atoms with Crippen LogP contribution in [-0.2, 0) is 9.53 Å². The van der Waals surface area contributed by atoms with E-state index in [1.165, 1.54) is 5.69 Å². The van der Waals surface area contributed by atoms with E-state index in [1.807, 2.05) is 24.3 Å². The van der Waals surface area contributed by atoms with E-state index in [2.05, 4.69) is 49.1 Å². The van der Waals surface area contributed by atoms with Crippen LogP contribution in [0.1, 0.15) is 26.7 Å². The molecule has 2 aromatic rings. The molecule has 0 saturated carbocycles. The summed E-state index contributed by atoms with van der Waals surface area (Å²) in [7, 11) is 0. The SMILES string of the molecule is CC(C)CCC(=O)N(CC#N)c1cccc(-c2cccc(N3CCOCC3)c2)c1. The van der Waals surface area contributed by atoms with Crippen molar-refractivity contribution < 1.29 is 9.53 Å². The predicted octanol–water partition coefficient (Wildman–Crippen LogP) is 4.48. The van der Waals surface area contributed by atoms with Crippen molar-refractivity contribution in [3.05, 3.63) is 48.5 Å². The second-order valence-corrected chi connectivity index (χ2v) is 7.77. The third-order valence-corrected chi connectivity index (χ3v) is 5.18. The second kappa shape index (κ2) is 10.1. The first-order valence-corrected chi connectivity index (χ1v) is 10.3. The Morgan fingerprint density at radius 1 is 1.14 bits per heavy atom. The summed E-state index contributed by atoms with van der Waals surface area (Å²) in [6, 6.07) is 18.5. The number of rotatable bonds is 7. The van der Waals surface area contributed by atoms with Crippen molar-refractivity contribution in [2.24, 2.45) is 5.92 Å². The summed E-state index contributed by atoms with van der Waals surface area (Å²) in [6.07, 6.45) is 1.28. The molecule has 1 heterocycles. The zero-order chi connectivity index (χ0) is 20.6. The molecule has 5 heteroatoms. The molecule has 1 saturated heterocycles. The fourth-order valence-electron chi connectivity index (χ4n) is 3.50. The average Bonchev–Trinajstić information content (AvgIpc) is 2.76. The number of ether oxygens (including phenoxy) is 1. The minimum absolute atomic E-state index is 0.000493. The molecule has 29 heavy (non-hydrogen) atoms. The van der Waals surface area contributed by atoms with Crippen LogP contribution < -0.4 is 9.80 Å². The maximum atomic E-state index is 12.7. The van der Waals surface area contributed by atoms with Crippen LogP contribution in [0.15, 0.2) is 48.5 Å². The van der Waals surface area contributed by atoms with E-state index < -0.39 is 0 Å². The van der Waals surface area contributed by atoms with Gasteiger partial charge in [-0.25, -0.2) is 0 Å². The summed E-state index contributed by atoms with van der Waals surface area (Å²) in [5.41, 5.74) is 4.09. The molecule has 0 spiro atoms. The number of nitriles is 1. The Labute approximate surface area is 173 Å². The van der Waals surface area contributed by atoms with E-state index in [4.69, 9.17) is 4.74 Å². The van der Waals surface area contributed by atoms with Crippen LogP contribution in [-0.4, -0.2) is 38.8 Å². The second-order valence-electron chi connectivity index (χ2n) is 7.77. The largest absolute Gasteiger partial charge is 0.378 e. The number of morpholine rings is 1. The number of carbonyl (C=O) groups excluding carboxylic acids is 1. The first-order chi connectivity index (χ1) is 14.1. The molecule has 0 unspecified atom stereocenters. The van der Waals surface area contributed by atoms with Gasteiger partial charge >= 0.3 is 0 Å². The highest BCUT2D eigenvalue weighted by Crippen LogP contribution is 2.29. The van der Waals surface area contributed by atoms with Crippen molar-refractivity contribution in [2.45, 2.75) is 26.7 Å². The zero-order valence-electron chi connectivity index (χ0n) is 17.3. The van der Waals surface area contributed by atoms with Gasteiger partial charge < -0.3 is 9.64 Å². The van der Waals surface area contributed by atoms with Crippen molar-refractivity contribution >= 4 is 17.3 Å². The van der Waals surface area contributed by atoms with Gasteiger partial charge in [-0.05, 0) is 47.7 Å². The molecule has 5 nitrogen and oxygen atoms in total. The van der Waals surface area contributed by atoms with Crippen LogP contribution in [0.3, 0.4) is 0 Å². The fraction of sp³-hybridized carbons (Fsp3) is 0.417. The van der Waals surface area contributed by atoms with Crippen LogP contribution in [0.4, 0.5) is 11.4 Å². The number of amides is 1. The Kier molecular flexibility index (Phi) is 7.26. The lowest BCUT2D eigenvalue weighted by molar-refractivity contribution is -0.118. The molecule has 0 aromatic heterocycles. The molecule has 0 radical (unpaired) electrons. The van der Waals surface area contributed by atoms with Gasteiger partial charge in [0.25, 0.3) is 0 Å². The monoisotopic (exact) mass is 391 g/mol. The lowest BCUT2D eigenvalue weighted by Crippen LogP contribution is -2.36. The van der Waals surface area contributed by atoms with Crippen LogP contribution in [0.5, 0.6) is 0 Å². The van der Waals surface area contributed by atoms with Crippen LogP contribution >= 0.6 is 0 Å². The van der Waals surface area contributed by atoms with Gasteiger partial charge in [0.1, 0.15) is 6.54 Å². The van der Waals surface area contributed by atoms with Gasteiger partial charge in [-0.2, -0.15) is 5.26 Å². The van der Waals surface area contributed by atoms with Crippen LogP contribution in [0, 0.1) is 17.2 Å². The van der Waals surface area contributed by atoms with E-state index in [-0.39, 0.29) is 12.5 Å². The third-order valence-electron chi connectivity index (χ3n) is 5.18. The van der Waals surface area contributed by atoms with Crippen molar-refractivity contribution in [3.8, 4) is 17.2 Å². The zero-order valence-corrected chi connectivity index (χ0v) is 17.3. The first-order valence-electron chi connectivity index (χ1n) is 10.3. The van der Waals surface area contributed by atoms with Gasteiger partial charge in [0.2, 0.25) is 5.91 Å². The summed E-state index contributed by atoms with van der Waals surface area (Å²) >= 11 is 0. The third kappa shape index (κ3) is 5.58. The van der Waals surface area contributed by atoms with E-state index >= 15 is 0 Å². The number of hydrogen-bond donors (Lipinski definition) is 0. The normalized spacial score (nSPS) is 13.9. The van der Waals surface area contributed by atoms with E-state index in [1.54, 1.807) is 4.90 Å². The molecule has 1 amide bonds. The van der Waals surface area contributed by atoms with Crippen molar-refractivity contribution in [2.75, 3.05) is 42.6 Å². The molecule has 1 aliphatic rings. The van der Waals surface area contributed by atoms with E-state index in [9.17, 15) is 10.1 Å². The number of nitrogens with zero attached hydrogens (tertiary/aromatic N) is 3. The van der Waals surface area contributed by atoms with Gasteiger partial charge in [-0.15, -0.1) is 0 Å². The number of anilines is 2. The first kappa shape index (κ1) is 20.9. The summed E-state index contributed by atoms with van der Waals surface area (Å²) in [6.45, 7) is 7.55. The summed E-state index contributed by atoms with van der Waals surface area (Å²) in [4.78, 5) is 16.6. The molecule has 0 bridgehead atoms. The van der Waals surface area contributed by atoms with Crippen LogP contribution in [0.25, 0.3) is 11.1 Å². The van der Waals surface area contributed by atoms with Gasteiger partial charge in [0.05, 0.1) is 19.3 Å². The van der Waals surface area contributed by atoms with Gasteiger partial charge in [-0.3, -0.25) is 9.69 Å². The maximum absolute atomic E-state index is 12.7. The molecule has 2 aromatic carbocycles. The highest BCUT2D eigenvalue weighted by atomic mass is 16.5. The lowest BCUT2D eigenvalue weighted by Gasteiger charge is -2.29. The predicted molar refractivity (Wildman–Crippen MR) is 117 cm³/mol. The molecule has 0 atom stereocenters. The Morgan fingerprint density at radius 3 is 2.52 bits per heavy atom. The van der Waals surface area contributed by atoms with E-state index in [0.29, 0.717) is 12.3 Å². The van der Waals surface area contributed by atoms with E-state index in [0.717, 1.165) is 49.5 Å². The molecular weight excluding hydrogens is 362 g/mol. The average molecular weight is 392 g/mol. The highest BCUT2D eigenvalue weighted by Gasteiger charge is 2.17. The van der Waals surface area contributed by atoms with Crippen molar-refractivity contribution in [3.63, 3.8) is 0 Å². The topological polar surface area (TPSA) is 56.6 Å². The molecule has 1 fully saturated rings. The molecular formula is C24H29N3O2. The Balaban J connectivity index is 1.84. The standard InChI is InChI=1S/C24H29N3O2/c1-19(2)9-10-24(28)27(12-11-25)23-8-4-6-21(18-23)20-5-3-7-22(17-20)26-13-15-29-16-14-26/h3-8,17-19H,9-10,12-16H2,1-2H3. The van der Waals surface area contributed by atoms with Gasteiger partial charge in [0.15, 0.2) is 0 Å². The Morgan fingerprint density at radius 2 is 1.83 bits per heavy atom. The van der Waals surface area contributed by atoms with Gasteiger partial charge in [-0.1, -0.05) is 38.1 Å². The fourth-order valence-corrected chi connectivity index (χ4v) is 3.50. The quantitative estimate of drug-likeness (QED) is 0.653. The number of benzene rings is 2. The molecule has 152 valence electrons. The molecule has 1 aliphatic heterocycles. The summed E-state index contributed by atoms with van der Waals surface area (Å²) in [5.74, 6) is 0.455. The Hall–Kier alpha value is -2.84. The Bertz CT molecular complexity index is 866. The summed E-state index contributed by atoms with van der Waals surface area (Å²) in [5, 5.41) is 9.23.